The molecule has 1 amide bonds. The lowest BCUT2D eigenvalue weighted by atomic mass is 9.82. The molecule has 0 aliphatic heterocycles. The van der Waals surface area contributed by atoms with Crippen molar-refractivity contribution in [2.45, 2.75) is 31.6 Å². The Morgan fingerprint density at radius 2 is 2.00 bits per heavy atom. The summed E-state index contributed by atoms with van der Waals surface area (Å²) in [6.45, 7) is 0. The number of halogens is 1. The van der Waals surface area contributed by atoms with Crippen molar-refractivity contribution >= 4 is 17.6 Å². The van der Waals surface area contributed by atoms with Crippen LogP contribution in [-0.4, -0.2) is 17.0 Å². The molecule has 1 atom stereocenters. The summed E-state index contributed by atoms with van der Waals surface area (Å²) in [5.41, 5.74) is 2.66. The van der Waals surface area contributed by atoms with Crippen molar-refractivity contribution in [1.82, 2.24) is 0 Å². The molecule has 24 heavy (non-hydrogen) atoms. The van der Waals surface area contributed by atoms with Crippen LogP contribution >= 0.6 is 0 Å². The van der Waals surface area contributed by atoms with Gasteiger partial charge in [0.05, 0.1) is 12.3 Å². The number of carboxylic acid groups (broad SMARTS) is 1. The summed E-state index contributed by atoms with van der Waals surface area (Å²) >= 11 is 0. The Bertz CT molecular complexity index is 788. The highest BCUT2D eigenvalue weighted by atomic mass is 19.1. The number of fused-ring (bicyclic) bond motifs is 1. The van der Waals surface area contributed by atoms with E-state index in [1.165, 1.54) is 23.8 Å². The summed E-state index contributed by atoms with van der Waals surface area (Å²) in [6, 6.07) is 12.0. The number of amides is 1. The van der Waals surface area contributed by atoms with Crippen molar-refractivity contribution in [3.63, 3.8) is 0 Å². The van der Waals surface area contributed by atoms with Crippen LogP contribution in [0.3, 0.4) is 0 Å². The fourth-order valence-corrected chi connectivity index (χ4v) is 3.19. The number of anilines is 1. The Hall–Kier alpha value is -2.69. The maximum Gasteiger partial charge on any atom is 0.307 e. The average Bonchev–Trinajstić information content (AvgIpc) is 2.56. The Balaban J connectivity index is 1.76. The van der Waals surface area contributed by atoms with Crippen LogP contribution in [0.25, 0.3) is 0 Å². The number of aryl methyl sites for hydroxylation is 1. The molecule has 0 bridgehead atoms. The van der Waals surface area contributed by atoms with Gasteiger partial charge in [-0.2, -0.15) is 0 Å². The van der Waals surface area contributed by atoms with Crippen LogP contribution in [0.1, 0.15) is 35.4 Å². The summed E-state index contributed by atoms with van der Waals surface area (Å²) in [4.78, 5) is 23.2. The predicted molar refractivity (Wildman–Crippen MR) is 88.5 cm³/mol. The van der Waals surface area contributed by atoms with Crippen molar-refractivity contribution in [1.29, 1.82) is 0 Å². The number of rotatable bonds is 4. The molecule has 124 valence electrons. The van der Waals surface area contributed by atoms with E-state index in [4.69, 9.17) is 5.11 Å². The fraction of sp³-hybridized carbons (Fsp3) is 0.263. The summed E-state index contributed by atoms with van der Waals surface area (Å²) in [7, 11) is 0. The highest BCUT2D eigenvalue weighted by Gasteiger charge is 2.26. The molecule has 0 radical (unpaired) electrons. The van der Waals surface area contributed by atoms with Gasteiger partial charge in [-0.1, -0.05) is 30.3 Å². The Kier molecular flexibility index (Phi) is 4.60. The zero-order valence-electron chi connectivity index (χ0n) is 13.1. The van der Waals surface area contributed by atoms with Gasteiger partial charge in [0, 0.05) is 5.69 Å². The van der Waals surface area contributed by atoms with Crippen LogP contribution in [0.15, 0.2) is 42.5 Å². The van der Waals surface area contributed by atoms with Gasteiger partial charge >= 0.3 is 5.97 Å². The average molecular weight is 327 g/mol. The van der Waals surface area contributed by atoms with Gasteiger partial charge in [0.25, 0.3) is 0 Å². The number of hydrogen-bond acceptors (Lipinski definition) is 2. The molecule has 5 heteroatoms. The number of carboxylic acids is 1. The van der Waals surface area contributed by atoms with E-state index in [9.17, 15) is 14.0 Å². The largest absolute Gasteiger partial charge is 0.481 e. The van der Waals surface area contributed by atoms with E-state index in [-0.39, 0.29) is 23.8 Å². The van der Waals surface area contributed by atoms with Gasteiger partial charge < -0.3 is 10.4 Å². The molecule has 0 fully saturated rings. The lowest BCUT2D eigenvalue weighted by molar-refractivity contribution is -0.136. The van der Waals surface area contributed by atoms with Crippen molar-refractivity contribution in [3.8, 4) is 0 Å². The van der Waals surface area contributed by atoms with Crippen LogP contribution in [-0.2, 0) is 22.4 Å². The summed E-state index contributed by atoms with van der Waals surface area (Å²) < 4.78 is 13.9. The van der Waals surface area contributed by atoms with Gasteiger partial charge in [-0.25, -0.2) is 4.39 Å². The molecule has 1 aliphatic rings. The highest BCUT2D eigenvalue weighted by molar-refractivity contribution is 5.96. The van der Waals surface area contributed by atoms with E-state index >= 15 is 0 Å². The first-order valence-corrected chi connectivity index (χ1v) is 7.93. The summed E-state index contributed by atoms with van der Waals surface area (Å²) in [5.74, 6) is -2.12. The van der Waals surface area contributed by atoms with Gasteiger partial charge in [0.15, 0.2) is 0 Å². The van der Waals surface area contributed by atoms with E-state index in [0.29, 0.717) is 5.69 Å². The molecule has 1 aliphatic carbocycles. The number of carbonyl (C=O) groups is 2. The van der Waals surface area contributed by atoms with Crippen LogP contribution in [0, 0.1) is 5.82 Å². The molecule has 0 saturated carbocycles. The topological polar surface area (TPSA) is 66.4 Å². The lowest BCUT2D eigenvalue weighted by Gasteiger charge is -2.24. The normalized spacial score (nSPS) is 16.3. The van der Waals surface area contributed by atoms with E-state index in [0.717, 1.165) is 24.8 Å². The van der Waals surface area contributed by atoms with Crippen molar-refractivity contribution in [2.24, 2.45) is 0 Å². The molecule has 0 heterocycles. The van der Waals surface area contributed by atoms with Crippen LogP contribution in [0.2, 0.25) is 0 Å². The zero-order valence-corrected chi connectivity index (χ0v) is 13.1. The number of benzene rings is 2. The van der Waals surface area contributed by atoms with Crippen LogP contribution in [0.5, 0.6) is 0 Å². The van der Waals surface area contributed by atoms with Gasteiger partial charge in [-0.15, -0.1) is 0 Å². The number of hydrogen-bond donors (Lipinski definition) is 2. The van der Waals surface area contributed by atoms with Crippen LogP contribution < -0.4 is 5.32 Å². The zero-order chi connectivity index (χ0) is 17.1. The first kappa shape index (κ1) is 16.2. The van der Waals surface area contributed by atoms with E-state index in [2.05, 4.69) is 5.32 Å². The predicted octanol–water partition coefficient (Wildman–Crippen LogP) is 3.51. The molecule has 2 aromatic rings. The first-order valence-electron chi connectivity index (χ1n) is 7.93. The second-order valence-corrected chi connectivity index (χ2v) is 6.01. The van der Waals surface area contributed by atoms with Crippen LogP contribution in [0.4, 0.5) is 10.1 Å². The third-order valence-electron chi connectivity index (χ3n) is 4.35. The molecular formula is C19H18FNO3. The first-order chi connectivity index (χ1) is 11.5. The fourth-order valence-electron chi connectivity index (χ4n) is 3.19. The SMILES string of the molecule is O=C(O)Cc1ccc(NC(=O)C2CCCc3ccccc32)cc1F. The van der Waals surface area contributed by atoms with Crippen molar-refractivity contribution in [2.75, 3.05) is 5.32 Å². The molecular weight excluding hydrogens is 309 g/mol. The molecule has 2 N–H and O–H groups in total. The van der Waals surface area contributed by atoms with E-state index in [1.54, 1.807) is 0 Å². The summed E-state index contributed by atoms with van der Waals surface area (Å²) in [6.07, 6.45) is 2.30. The highest BCUT2D eigenvalue weighted by Crippen LogP contribution is 2.32. The number of carbonyl (C=O) groups excluding carboxylic acids is 1. The minimum atomic E-state index is -1.09. The van der Waals surface area contributed by atoms with Crippen molar-refractivity contribution in [3.05, 3.63) is 65.0 Å². The van der Waals surface area contributed by atoms with Gasteiger partial charge in [-0.05, 0) is 48.1 Å². The maximum absolute atomic E-state index is 13.9. The third-order valence-corrected chi connectivity index (χ3v) is 4.35. The minimum absolute atomic E-state index is 0.100. The molecule has 4 nitrogen and oxygen atoms in total. The molecule has 0 aromatic heterocycles. The second kappa shape index (κ2) is 6.83. The standard InChI is InChI=1S/C19H18FNO3/c20-17-11-14(9-8-13(17)10-18(22)23)21-19(24)16-7-3-5-12-4-1-2-6-15(12)16/h1-2,4,6,8-9,11,16H,3,5,7,10H2,(H,21,24)(H,22,23). The van der Waals surface area contributed by atoms with E-state index in [1.807, 2.05) is 24.3 Å². The minimum Gasteiger partial charge on any atom is -0.481 e. The lowest BCUT2D eigenvalue weighted by Crippen LogP contribution is -2.24. The molecule has 2 aromatic carbocycles. The Labute approximate surface area is 139 Å². The van der Waals surface area contributed by atoms with Gasteiger partial charge in [0.2, 0.25) is 5.91 Å². The van der Waals surface area contributed by atoms with Gasteiger partial charge in [0.1, 0.15) is 5.82 Å². The number of aliphatic carboxylic acids is 1. The maximum atomic E-state index is 13.9. The smallest absolute Gasteiger partial charge is 0.307 e. The molecule has 0 saturated heterocycles. The quantitative estimate of drug-likeness (QED) is 0.903. The third kappa shape index (κ3) is 3.45. The Morgan fingerprint density at radius 3 is 2.75 bits per heavy atom. The van der Waals surface area contributed by atoms with Crippen molar-refractivity contribution < 1.29 is 19.1 Å². The second-order valence-electron chi connectivity index (χ2n) is 6.01. The molecule has 0 spiro atoms. The monoisotopic (exact) mass is 327 g/mol. The molecule has 3 rings (SSSR count). The Morgan fingerprint density at radius 1 is 1.21 bits per heavy atom. The number of nitrogens with one attached hydrogen (secondary N) is 1. The van der Waals surface area contributed by atoms with Gasteiger partial charge in [-0.3, -0.25) is 9.59 Å². The summed E-state index contributed by atoms with van der Waals surface area (Å²) in [5, 5.41) is 11.5. The van der Waals surface area contributed by atoms with E-state index < -0.39 is 11.8 Å². The molecule has 1 unspecified atom stereocenters.